The van der Waals surface area contributed by atoms with Crippen molar-refractivity contribution in [1.82, 2.24) is 4.90 Å². The van der Waals surface area contributed by atoms with Crippen LogP contribution in [-0.4, -0.2) is 29.2 Å². The second-order valence-electron chi connectivity index (χ2n) is 8.35. The van der Waals surface area contributed by atoms with E-state index in [-0.39, 0.29) is 24.5 Å². The lowest BCUT2D eigenvalue weighted by atomic mass is 10.00. The molecule has 2 aromatic carbocycles. The maximum atomic E-state index is 12.8. The van der Waals surface area contributed by atoms with Crippen LogP contribution in [0.15, 0.2) is 53.7 Å². The standard InChI is InChI=1S/C24H27F3N2O2/c1-16(2)12-23(30)29(14-18-8-10-19(11-9-18)24(25,26)27)15-20-13-22(28-31-20)21-7-5-4-6-17(21)3/h4-11,16,20H,12-15H2,1-3H3/t20-/m1/s1. The van der Waals surface area contributed by atoms with Crippen LogP contribution in [-0.2, 0) is 22.4 Å². The van der Waals surface area contributed by atoms with Crippen molar-refractivity contribution in [3.05, 3.63) is 70.8 Å². The summed E-state index contributed by atoms with van der Waals surface area (Å²) < 4.78 is 38.5. The maximum Gasteiger partial charge on any atom is 0.416 e. The molecule has 1 amide bonds. The molecule has 0 radical (unpaired) electrons. The number of halogens is 3. The summed E-state index contributed by atoms with van der Waals surface area (Å²) in [5.41, 5.74) is 2.90. The molecule has 1 heterocycles. The first-order valence-electron chi connectivity index (χ1n) is 10.4. The largest absolute Gasteiger partial charge is 0.416 e. The number of carbonyl (C=O) groups excluding carboxylic acids is 1. The van der Waals surface area contributed by atoms with Crippen LogP contribution >= 0.6 is 0 Å². The van der Waals surface area contributed by atoms with Gasteiger partial charge in [0.1, 0.15) is 0 Å². The van der Waals surface area contributed by atoms with Crippen molar-refractivity contribution < 1.29 is 22.8 Å². The molecule has 0 unspecified atom stereocenters. The van der Waals surface area contributed by atoms with E-state index in [1.165, 1.54) is 12.1 Å². The van der Waals surface area contributed by atoms with Gasteiger partial charge in [-0.15, -0.1) is 0 Å². The van der Waals surface area contributed by atoms with Crippen LogP contribution in [0.3, 0.4) is 0 Å². The number of alkyl halides is 3. The highest BCUT2D eigenvalue weighted by atomic mass is 19.4. The Morgan fingerprint density at radius 1 is 1.16 bits per heavy atom. The molecule has 31 heavy (non-hydrogen) atoms. The van der Waals surface area contributed by atoms with E-state index >= 15 is 0 Å². The highest BCUT2D eigenvalue weighted by Crippen LogP contribution is 2.29. The van der Waals surface area contributed by atoms with Crippen LogP contribution in [0.4, 0.5) is 13.2 Å². The van der Waals surface area contributed by atoms with Gasteiger partial charge in [-0.1, -0.05) is 55.4 Å². The molecule has 0 N–H and O–H groups in total. The summed E-state index contributed by atoms with van der Waals surface area (Å²) in [6.07, 6.45) is -3.74. The van der Waals surface area contributed by atoms with E-state index in [9.17, 15) is 18.0 Å². The van der Waals surface area contributed by atoms with Gasteiger partial charge < -0.3 is 9.74 Å². The molecule has 0 saturated carbocycles. The van der Waals surface area contributed by atoms with E-state index in [2.05, 4.69) is 5.16 Å². The number of oxime groups is 1. The van der Waals surface area contributed by atoms with Gasteiger partial charge in [0, 0.05) is 24.9 Å². The molecule has 0 fully saturated rings. The maximum absolute atomic E-state index is 12.8. The lowest BCUT2D eigenvalue weighted by Crippen LogP contribution is -2.37. The van der Waals surface area contributed by atoms with Crippen LogP contribution in [0.2, 0.25) is 0 Å². The third kappa shape index (κ3) is 6.09. The van der Waals surface area contributed by atoms with Crippen LogP contribution in [0.5, 0.6) is 0 Å². The average molecular weight is 432 g/mol. The molecule has 1 aliphatic rings. The number of carbonyl (C=O) groups is 1. The second kappa shape index (κ2) is 9.54. The topological polar surface area (TPSA) is 41.9 Å². The zero-order chi connectivity index (χ0) is 22.6. The summed E-state index contributed by atoms with van der Waals surface area (Å²) in [7, 11) is 0. The molecule has 7 heteroatoms. The minimum Gasteiger partial charge on any atom is -0.390 e. The molecule has 1 atom stereocenters. The smallest absolute Gasteiger partial charge is 0.390 e. The van der Waals surface area contributed by atoms with Gasteiger partial charge in [0.2, 0.25) is 5.91 Å². The minimum atomic E-state index is -4.38. The summed E-state index contributed by atoms with van der Waals surface area (Å²) in [5.74, 6) is 0.119. The van der Waals surface area contributed by atoms with Crippen molar-refractivity contribution in [1.29, 1.82) is 0 Å². The van der Waals surface area contributed by atoms with Crippen LogP contribution < -0.4 is 0 Å². The van der Waals surface area contributed by atoms with Gasteiger partial charge in [-0.2, -0.15) is 13.2 Å². The molecule has 4 nitrogen and oxygen atoms in total. The third-order valence-electron chi connectivity index (χ3n) is 5.20. The van der Waals surface area contributed by atoms with Crippen molar-refractivity contribution in [3.8, 4) is 0 Å². The van der Waals surface area contributed by atoms with Gasteiger partial charge in [-0.25, -0.2) is 0 Å². The molecule has 0 aromatic heterocycles. The zero-order valence-electron chi connectivity index (χ0n) is 17.9. The number of benzene rings is 2. The summed E-state index contributed by atoms with van der Waals surface area (Å²) in [5, 5.41) is 4.22. The molecule has 166 valence electrons. The number of rotatable bonds is 7. The van der Waals surface area contributed by atoms with Gasteiger partial charge in [0.15, 0.2) is 6.10 Å². The van der Waals surface area contributed by atoms with Crippen LogP contribution in [0.1, 0.15) is 48.9 Å². The van der Waals surface area contributed by atoms with Crippen LogP contribution in [0, 0.1) is 12.8 Å². The molecular weight excluding hydrogens is 405 g/mol. The third-order valence-corrected chi connectivity index (χ3v) is 5.20. The van der Waals surface area contributed by atoms with Crippen molar-refractivity contribution in [3.63, 3.8) is 0 Å². The highest BCUT2D eigenvalue weighted by Gasteiger charge is 2.31. The van der Waals surface area contributed by atoms with Gasteiger partial charge in [0.05, 0.1) is 17.8 Å². The Kier molecular flexibility index (Phi) is 7.03. The van der Waals surface area contributed by atoms with Crippen molar-refractivity contribution in [2.24, 2.45) is 11.1 Å². The number of hydrogen-bond acceptors (Lipinski definition) is 3. The van der Waals surface area contributed by atoms with E-state index in [4.69, 9.17) is 4.84 Å². The van der Waals surface area contributed by atoms with E-state index in [0.29, 0.717) is 24.9 Å². The van der Waals surface area contributed by atoms with Crippen molar-refractivity contribution >= 4 is 11.6 Å². The number of nitrogens with zero attached hydrogens (tertiary/aromatic N) is 2. The lowest BCUT2D eigenvalue weighted by Gasteiger charge is -2.26. The molecule has 3 rings (SSSR count). The summed E-state index contributed by atoms with van der Waals surface area (Å²) in [6, 6.07) is 12.8. The van der Waals surface area contributed by atoms with E-state index < -0.39 is 11.7 Å². The first kappa shape index (κ1) is 22.8. The predicted octanol–water partition coefficient (Wildman–Crippen LogP) is 5.58. The van der Waals surface area contributed by atoms with E-state index in [0.717, 1.165) is 29.0 Å². The molecule has 0 saturated heterocycles. The van der Waals surface area contributed by atoms with Crippen molar-refractivity contribution in [2.45, 2.75) is 52.4 Å². The Hall–Kier alpha value is -2.83. The van der Waals surface area contributed by atoms with Gasteiger partial charge in [-0.3, -0.25) is 4.79 Å². The first-order chi connectivity index (χ1) is 14.6. The quantitative estimate of drug-likeness (QED) is 0.573. The normalized spacial score (nSPS) is 16.2. The monoisotopic (exact) mass is 432 g/mol. The number of aryl methyl sites for hydroxylation is 1. The Labute approximate surface area is 180 Å². The van der Waals surface area contributed by atoms with Crippen LogP contribution in [0.25, 0.3) is 0 Å². The molecule has 0 spiro atoms. The molecule has 2 aromatic rings. The molecule has 0 aliphatic carbocycles. The first-order valence-corrected chi connectivity index (χ1v) is 10.4. The SMILES string of the molecule is Cc1ccccc1C1=NO[C@@H](CN(Cc2ccc(C(F)(F)F)cc2)C(=O)CC(C)C)C1. The van der Waals surface area contributed by atoms with Gasteiger partial charge in [-0.05, 0) is 36.1 Å². The van der Waals surface area contributed by atoms with E-state index in [1.807, 2.05) is 45.0 Å². The zero-order valence-corrected chi connectivity index (χ0v) is 17.9. The Balaban J connectivity index is 1.70. The number of hydrogen-bond donors (Lipinski definition) is 0. The molecule has 1 aliphatic heterocycles. The Bertz CT molecular complexity index is 937. The Morgan fingerprint density at radius 2 is 1.84 bits per heavy atom. The molecular formula is C24H27F3N2O2. The van der Waals surface area contributed by atoms with E-state index in [1.54, 1.807) is 4.90 Å². The number of amides is 1. The minimum absolute atomic E-state index is 0.0529. The average Bonchev–Trinajstić information content (AvgIpc) is 3.15. The fraction of sp³-hybridized carbons (Fsp3) is 0.417. The summed E-state index contributed by atoms with van der Waals surface area (Å²) in [6.45, 7) is 6.47. The Morgan fingerprint density at radius 3 is 2.45 bits per heavy atom. The fourth-order valence-corrected chi connectivity index (χ4v) is 3.58. The van der Waals surface area contributed by atoms with Gasteiger partial charge in [0.25, 0.3) is 0 Å². The van der Waals surface area contributed by atoms with Gasteiger partial charge >= 0.3 is 6.18 Å². The fourth-order valence-electron chi connectivity index (χ4n) is 3.58. The summed E-state index contributed by atoms with van der Waals surface area (Å²) >= 11 is 0. The second-order valence-corrected chi connectivity index (χ2v) is 8.35. The lowest BCUT2D eigenvalue weighted by molar-refractivity contribution is -0.138. The highest BCUT2D eigenvalue weighted by molar-refractivity contribution is 6.02. The summed E-state index contributed by atoms with van der Waals surface area (Å²) in [4.78, 5) is 20.1. The molecule has 0 bridgehead atoms. The van der Waals surface area contributed by atoms with Crippen molar-refractivity contribution in [2.75, 3.05) is 6.54 Å². The predicted molar refractivity (Wildman–Crippen MR) is 114 cm³/mol.